The average molecular weight is 196 g/mol. The summed E-state index contributed by atoms with van der Waals surface area (Å²) in [5, 5.41) is 5.38. The fourth-order valence-corrected chi connectivity index (χ4v) is 1.55. The topological polar surface area (TPSA) is 43.6 Å². The van der Waals surface area contributed by atoms with Gasteiger partial charge in [-0.2, -0.15) is 5.10 Å². The quantitative estimate of drug-likeness (QED) is 0.596. The van der Waals surface area contributed by atoms with Gasteiger partial charge in [-0.05, 0) is 18.2 Å². The summed E-state index contributed by atoms with van der Waals surface area (Å²) in [4.78, 5) is 8.16. The van der Waals surface area contributed by atoms with Crippen LogP contribution in [-0.4, -0.2) is 19.7 Å². The van der Waals surface area contributed by atoms with Gasteiger partial charge in [-0.3, -0.25) is 9.97 Å². The van der Waals surface area contributed by atoms with Gasteiger partial charge in [-0.25, -0.2) is 4.68 Å². The van der Waals surface area contributed by atoms with Crippen LogP contribution in [-0.2, 0) is 0 Å². The Labute approximate surface area is 86.2 Å². The lowest BCUT2D eigenvalue weighted by atomic mass is 10.3. The van der Waals surface area contributed by atoms with Gasteiger partial charge in [0.05, 0.1) is 29.8 Å². The van der Waals surface area contributed by atoms with Gasteiger partial charge in [0.15, 0.2) is 0 Å². The van der Waals surface area contributed by atoms with E-state index in [0.29, 0.717) is 0 Å². The van der Waals surface area contributed by atoms with Crippen molar-refractivity contribution in [2.45, 2.75) is 0 Å². The Kier molecular flexibility index (Phi) is 1.71. The molecule has 0 aromatic carbocycles. The normalized spacial score (nSPS) is 10.7. The van der Waals surface area contributed by atoms with Crippen LogP contribution in [0.15, 0.2) is 49.2 Å². The highest BCUT2D eigenvalue weighted by Crippen LogP contribution is 2.15. The van der Waals surface area contributed by atoms with Gasteiger partial charge in [-0.1, -0.05) is 0 Å². The number of fused-ring (bicyclic) bond motifs is 1. The van der Waals surface area contributed by atoms with E-state index in [1.807, 2.05) is 29.1 Å². The number of hydrogen-bond donors (Lipinski definition) is 0. The summed E-state index contributed by atoms with van der Waals surface area (Å²) >= 11 is 0. The molecule has 0 atom stereocenters. The molecule has 0 aliphatic rings. The first-order valence-corrected chi connectivity index (χ1v) is 4.63. The van der Waals surface area contributed by atoms with Crippen LogP contribution in [0.25, 0.3) is 16.6 Å². The Morgan fingerprint density at radius 1 is 0.933 bits per heavy atom. The zero-order chi connectivity index (χ0) is 10.1. The zero-order valence-electron chi connectivity index (χ0n) is 7.91. The predicted octanol–water partition coefficient (Wildman–Crippen LogP) is 1.82. The van der Waals surface area contributed by atoms with E-state index in [0.717, 1.165) is 16.6 Å². The SMILES string of the molecule is c1cncc(-n2ncc3ccncc32)c1. The Balaban J connectivity index is 2.28. The Bertz CT molecular complexity index is 586. The van der Waals surface area contributed by atoms with E-state index in [1.165, 1.54) is 0 Å². The summed E-state index contributed by atoms with van der Waals surface area (Å²) in [5.41, 5.74) is 1.94. The van der Waals surface area contributed by atoms with Crippen molar-refractivity contribution in [2.75, 3.05) is 0 Å². The summed E-state index contributed by atoms with van der Waals surface area (Å²) < 4.78 is 1.83. The molecule has 3 heterocycles. The predicted molar refractivity (Wildman–Crippen MR) is 56.7 cm³/mol. The smallest absolute Gasteiger partial charge is 0.0924 e. The van der Waals surface area contributed by atoms with Gasteiger partial charge in [0.2, 0.25) is 0 Å². The summed E-state index contributed by atoms with van der Waals surface area (Å²) in [5.74, 6) is 0. The lowest BCUT2D eigenvalue weighted by molar-refractivity contribution is 0.901. The van der Waals surface area contributed by atoms with Crippen LogP contribution in [0.3, 0.4) is 0 Å². The molecule has 15 heavy (non-hydrogen) atoms. The lowest BCUT2D eigenvalue weighted by Crippen LogP contribution is -1.95. The molecule has 72 valence electrons. The second-order valence-corrected chi connectivity index (χ2v) is 3.20. The van der Waals surface area contributed by atoms with Crippen molar-refractivity contribution in [3.05, 3.63) is 49.2 Å². The van der Waals surface area contributed by atoms with E-state index >= 15 is 0 Å². The van der Waals surface area contributed by atoms with Crippen LogP contribution < -0.4 is 0 Å². The maximum absolute atomic E-state index is 4.30. The monoisotopic (exact) mass is 196 g/mol. The number of rotatable bonds is 1. The van der Waals surface area contributed by atoms with Crippen molar-refractivity contribution in [1.29, 1.82) is 0 Å². The number of hydrogen-bond acceptors (Lipinski definition) is 3. The third-order valence-corrected chi connectivity index (χ3v) is 2.26. The minimum Gasteiger partial charge on any atom is -0.262 e. The van der Waals surface area contributed by atoms with Gasteiger partial charge in [-0.15, -0.1) is 0 Å². The molecule has 0 spiro atoms. The zero-order valence-corrected chi connectivity index (χ0v) is 7.91. The largest absolute Gasteiger partial charge is 0.262 e. The molecule has 0 aliphatic heterocycles. The third kappa shape index (κ3) is 1.27. The van der Waals surface area contributed by atoms with Gasteiger partial charge >= 0.3 is 0 Å². The van der Waals surface area contributed by atoms with Crippen LogP contribution in [0.4, 0.5) is 0 Å². The van der Waals surface area contributed by atoms with Crippen molar-refractivity contribution in [1.82, 2.24) is 19.7 Å². The maximum Gasteiger partial charge on any atom is 0.0924 e. The van der Waals surface area contributed by atoms with E-state index in [2.05, 4.69) is 15.1 Å². The number of pyridine rings is 2. The summed E-state index contributed by atoms with van der Waals surface area (Å²) in [6, 6.07) is 5.79. The van der Waals surface area contributed by atoms with Crippen molar-refractivity contribution in [3.8, 4) is 5.69 Å². The molecular weight excluding hydrogens is 188 g/mol. The fourth-order valence-electron chi connectivity index (χ4n) is 1.55. The Morgan fingerprint density at radius 3 is 2.73 bits per heavy atom. The van der Waals surface area contributed by atoms with E-state index in [4.69, 9.17) is 0 Å². The second-order valence-electron chi connectivity index (χ2n) is 3.20. The molecule has 0 radical (unpaired) electrons. The van der Waals surface area contributed by atoms with Crippen molar-refractivity contribution < 1.29 is 0 Å². The van der Waals surface area contributed by atoms with Crippen molar-refractivity contribution in [3.63, 3.8) is 0 Å². The third-order valence-electron chi connectivity index (χ3n) is 2.26. The highest BCUT2D eigenvalue weighted by molar-refractivity contribution is 5.78. The number of aromatic nitrogens is 4. The van der Waals surface area contributed by atoms with E-state index < -0.39 is 0 Å². The molecule has 3 aromatic rings. The first kappa shape index (κ1) is 8.11. The van der Waals surface area contributed by atoms with Crippen LogP contribution >= 0.6 is 0 Å². The molecular formula is C11H8N4. The molecule has 0 bridgehead atoms. The Hall–Kier alpha value is -2.23. The van der Waals surface area contributed by atoms with Crippen molar-refractivity contribution in [2.24, 2.45) is 0 Å². The van der Waals surface area contributed by atoms with Crippen molar-refractivity contribution >= 4 is 10.9 Å². The van der Waals surface area contributed by atoms with Gasteiger partial charge in [0, 0.05) is 17.8 Å². The number of nitrogens with zero attached hydrogens (tertiary/aromatic N) is 4. The molecule has 0 aliphatic carbocycles. The maximum atomic E-state index is 4.30. The summed E-state index contributed by atoms with van der Waals surface area (Å²) in [7, 11) is 0. The minimum atomic E-state index is 0.945. The molecule has 3 rings (SSSR count). The molecule has 0 amide bonds. The average Bonchev–Trinajstić information content (AvgIpc) is 2.74. The molecule has 0 saturated carbocycles. The molecule has 0 unspecified atom stereocenters. The molecule has 0 saturated heterocycles. The molecule has 4 heteroatoms. The van der Waals surface area contributed by atoms with E-state index in [-0.39, 0.29) is 0 Å². The van der Waals surface area contributed by atoms with E-state index in [1.54, 1.807) is 24.8 Å². The van der Waals surface area contributed by atoms with Crippen LogP contribution in [0.5, 0.6) is 0 Å². The Morgan fingerprint density at radius 2 is 1.87 bits per heavy atom. The lowest BCUT2D eigenvalue weighted by Gasteiger charge is -2.00. The second kappa shape index (κ2) is 3.16. The van der Waals surface area contributed by atoms with Crippen LogP contribution in [0.1, 0.15) is 0 Å². The first-order chi connectivity index (χ1) is 7.45. The highest BCUT2D eigenvalue weighted by Gasteiger charge is 2.03. The summed E-state index contributed by atoms with van der Waals surface area (Å²) in [6.45, 7) is 0. The molecule has 0 fully saturated rings. The van der Waals surface area contributed by atoms with Gasteiger partial charge < -0.3 is 0 Å². The van der Waals surface area contributed by atoms with E-state index in [9.17, 15) is 0 Å². The highest BCUT2D eigenvalue weighted by atomic mass is 15.3. The first-order valence-electron chi connectivity index (χ1n) is 4.63. The summed E-state index contributed by atoms with van der Waals surface area (Å²) in [6.07, 6.45) is 8.91. The fraction of sp³-hybridized carbons (Fsp3) is 0. The minimum absolute atomic E-state index is 0.945. The molecule has 3 aromatic heterocycles. The molecule has 0 N–H and O–H groups in total. The van der Waals surface area contributed by atoms with Crippen LogP contribution in [0, 0.1) is 0 Å². The molecule has 4 nitrogen and oxygen atoms in total. The van der Waals surface area contributed by atoms with Gasteiger partial charge in [0.1, 0.15) is 0 Å². The standard InChI is InChI=1S/C11H8N4/c1-2-10(7-12-4-1)15-11-8-13-5-3-9(11)6-14-15/h1-8H. The van der Waals surface area contributed by atoms with Gasteiger partial charge in [0.25, 0.3) is 0 Å². The van der Waals surface area contributed by atoms with Crippen LogP contribution in [0.2, 0.25) is 0 Å².